The predicted octanol–water partition coefficient (Wildman–Crippen LogP) is 4.20. The summed E-state index contributed by atoms with van der Waals surface area (Å²) >= 11 is 1.29. The molecular weight excluding hydrogens is 318 g/mol. The van der Waals surface area contributed by atoms with Crippen LogP contribution in [-0.4, -0.2) is 21.5 Å². The highest BCUT2D eigenvalue weighted by Gasteiger charge is 2.16. The number of nitrogens with zero attached hydrogens (tertiary/aromatic N) is 4. The van der Waals surface area contributed by atoms with E-state index in [1.54, 1.807) is 24.4 Å². The fourth-order valence-electron chi connectivity index (χ4n) is 2.04. The van der Waals surface area contributed by atoms with Crippen LogP contribution in [0.1, 0.15) is 0 Å². The molecule has 3 aromatic rings. The number of hydrogen-bond donors (Lipinski definition) is 0. The van der Waals surface area contributed by atoms with Gasteiger partial charge in [0.2, 0.25) is 0 Å². The first kappa shape index (κ1) is 15.2. The monoisotopic (exact) mass is 330 g/mol. The molecule has 0 amide bonds. The number of rotatable bonds is 5. The van der Waals surface area contributed by atoms with Crippen molar-refractivity contribution in [1.82, 2.24) is 15.0 Å². The van der Waals surface area contributed by atoms with Gasteiger partial charge in [0.25, 0.3) is 0 Å². The summed E-state index contributed by atoms with van der Waals surface area (Å²) in [5.74, 6) is -0.810. The van der Waals surface area contributed by atoms with E-state index in [-0.39, 0.29) is 11.5 Å². The van der Waals surface area contributed by atoms with Crippen LogP contribution in [0.4, 0.5) is 19.6 Å². The molecule has 0 unspecified atom stereocenters. The summed E-state index contributed by atoms with van der Waals surface area (Å²) in [4.78, 5) is 14.4. The number of hydrogen-bond acceptors (Lipinski definition) is 5. The third kappa shape index (κ3) is 3.24. The molecule has 0 saturated heterocycles. The van der Waals surface area contributed by atoms with E-state index in [1.165, 1.54) is 29.8 Å². The van der Waals surface area contributed by atoms with Crippen LogP contribution in [-0.2, 0) is 0 Å². The van der Waals surface area contributed by atoms with E-state index in [1.807, 2.05) is 4.90 Å². The normalized spacial score (nSPS) is 10.5. The van der Waals surface area contributed by atoms with Gasteiger partial charge in [0, 0.05) is 18.4 Å². The third-order valence-corrected chi connectivity index (χ3v) is 4.10. The standard InChI is InChI=1S/C16H12F2N4S/c1-2-7-22(12-5-3-11(17)4-6-12)16-20-9-14(23-16)15-13(18)8-19-10-21-15/h2-6,8-10H,1,7H2. The van der Waals surface area contributed by atoms with Crippen LogP contribution in [0.3, 0.4) is 0 Å². The molecule has 23 heavy (non-hydrogen) atoms. The Kier molecular flexibility index (Phi) is 4.38. The molecule has 116 valence electrons. The van der Waals surface area contributed by atoms with Gasteiger partial charge in [-0.1, -0.05) is 17.4 Å². The zero-order valence-corrected chi connectivity index (χ0v) is 12.8. The Morgan fingerprint density at radius 3 is 2.61 bits per heavy atom. The summed E-state index contributed by atoms with van der Waals surface area (Å²) in [5.41, 5.74) is 0.983. The van der Waals surface area contributed by atoms with Gasteiger partial charge in [-0.15, -0.1) is 6.58 Å². The van der Waals surface area contributed by atoms with Gasteiger partial charge in [0.05, 0.1) is 11.1 Å². The van der Waals surface area contributed by atoms with E-state index in [2.05, 4.69) is 21.5 Å². The predicted molar refractivity (Wildman–Crippen MR) is 86.7 cm³/mol. The zero-order valence-electron chi connectivity index (χ0n) is 12.0. The van der Waals surface area contributed by atoms with Gasteiger partial charge in [0.1, 0.15) is 17.8 Å². The van der Waals surface area contributed by atoms with E-state index in [0.717, 1.165) is 11.9 Å². The van der Waals surface area contributed by atoms with Gasteiger partial charge in [-0.25, -0.2) is 23.7 Å². The first-order valence-electron chi connectivity index (χ1n) is 6.74. The summed E-state index contributed by atoms with van der Waals surface area (Å²) < 4.78 is 26.9. The molecule has 0 bridgehead atoms. The Balaban J connectivity index is 1.97. The lowest BCUT2D eigenvalue weighted by molar-refractivity contribution is 0.618. The molecule has 0 atom stereocenters. The molecule has 4 nitrogen and oxygen atoms in total. The summed E-state index contributed by atoms with van der Waals surface area (Å²) in [6.45, 7) is 4.22. The van der Waals surface area contributed by atoms with Crippen LogP contribution in [0.25, 0.3) is 10.6 Å². The first-order valence-corrected chi connectivity index (χ1v) is 7.56. The van der Waals surface area contributed by atoms with Crippen molar-refractivity contribution in [2.45, 2.75) is 0 Å². The smallest absolute Gasteiger partial charge is 0.190 e. The fourth-order valence-corrected chi connectivity index (χ4v) is 2.98. The molecule has 0 aliphatic rings. The zero-order chi connectivity index (χ0) is 16.2. The Hall–Kier alpha value is -2.67. The maximum Gasteiger partial charge on any atom is 0.190 e. The number of halogens is 2. The van der Waals surface area contributed by atoms with Gasteiger partial charge in [-0.2, -0.15) is 0 Å². The van der Waals surface area contributed by atoms with Crippen LogP contribution >= 0.6 is 11.3 Å². The summed E-state index contributed by atoms with van der Waals surface area (Å²) in [5, 5.41) is 0.643. The van der Waals surface area contributed by atoms with Crippen LogP contribution in [0, 0.1) is 11.6 Å². The molecule has 0 aliphatic heterocycles. The molecular formula is C16H12F2N4S. The van der Waals surface area contributed by atoms with Crippen molar-refractivity contribution in [2.24, 2.45) is 0 Å². The minimum Gasteiger partial charge on any atom is -0.314 e. The average molecular weight is 330 g/mol. The second-order valence-corrected chi connectivity index (χ2v) is 5.61. The van der Waals surface area contributed by atoms with Crippen molar-refractivity contribution in [2.75, 3.05) is 11.4 Å². The molecule has 0 radical (unpaired) electrons. The SMILES string of the molecule is C=CCN(c1ccc(F)cc1)c1ncc(-c2ncncc2F)s1. The number of anilines is 2. The van der Waals surface area contributed by atoms with Crippen molar-refractivity contribution < 1.29 is 8.78 Å². The summed E-state index contributed by atoms with van der Waals surface area (Å²) in [7, 11) is 0. The lowest BCUT2D eigenvalue weighted by atomic mass is 10.3. The average Bonchev–Trinajstić information content (AvgIpc) is 3.03. The minimum atomic E-state index is -0.500. The molecule has 3 rings (SSSR count). The molecule has 1 aromatic carbocycles. The fraction of sp³-hybridized carbons (Fsp3) is 0.0625. The van der Waals surface area contributed by atoms with Gasteiger partial charge in [0.15, 0.2) is 10.9 Å². The molecule has 0 fully saturated rings. The lowest BCUT2D eigenvalue weighted by Crippen LogP contribution is -2.16. The first-order chi connectivity index (χ1) is 11.2. The van der Waals surface area contributed by atoms with Gasteiger partial charge in [-0.3, -0.25) is 0 Å². The summed E-state index contributed by atoms with van der Waals surface area (Å²) in [6.07, 6.45) is 5.68. The highest BCUT2D eigenvalue weighted by Crippen LogP contribution is 2.34. The van der Waals surface area contributed by atoms with Crippen molar-refractivity contribution in [3.05, 3.63) is 67.3 Å². The number of thiazole rings is 1. The molecule has 2 heterocycles. The molecule has 0 saturated carbocycles. The highest BCUT2D eigenvalue weighted by atomic mass is 32.1. The highest BCUT2D eigenvalue weighted by molar-refractivity contribution is 7.18. The van der Waals surface area contributed by atoms with Gasteiger partial charge >= 0.3 is 0 Å². The van der Waals surface area contributed by atoms with E-state index in [4.69, 9.17) is 0 Å². The molecule has 0 aliphatic carbocycles. The molecule has 2 aromatic heterocycles. The van der Waals surface area contributed by atoms with E-state index in [0.29, 0.717) is 16.6 Å². The maximum atomic E-state index is 13.8. The molecule has 7 heteroatoms. The number of aromatic nitrogens is 3. The van der Waals surface area contributed by atoms with Crippen LogP contribution in [0.15, 0.2) is 55.6 Å². The lowest BCUT2D eigenvalue weighted by Gasteiger charge is -2.20. The van der Waals surface area contributed by atoms with Crippen molar-refractivity contribution in [3.63, 3.8) is 0 Å². The maximum absolute atomic E-state index is 13.8. The quantitative estimate of drug-likeness (QED) is 0.658. The topological polar surface area (TPSA) is 41.9 Å². The molecule has 0 N–H and O–H groups in total. The van der Waals surface area contributed by atoms with Crippen molar-refractivity contribution >= 4 is 22.2 Å². The Morgan fingerprint density at radius 1 is 1.13 bits per heavy atom. The Labute approximate surface area is 135 Å². The van der Waals surface area contributed by atoms with Crippen molar-refractivity contribution in [3.8, 4) is 10.6 Å². The molecule has 0 spiro atoms. The van der Waals surface area contributed by atoms with E-state index >= 15 is 0 Å². The number of benzene rings is 1. The van der Waals surface area contributed by atoms with Crippen LogP contribution < -0.4 is 4.90 Å². The van der Waals surface area contributed by atoms with E-state index in [9.17, 15) is 8.78 Å². The second-order valence-electron chi connectivity index (χ2n) is 4.60. The largest absolute Gasteiger partial charge is 0.314 e. The van der Waals surface area contributed by atoms with Crippen molar-refractivity contribution in [1.29, 1.82) is 0 Å². The Bertz CT molecular complexity index is 817. The van der Waals surface area contributed by atoms with Gasteiger partial charge < -0.3 is 4.90 Å². The van der Waals surface area contributed by atoms with Crippen LogP contribution in [0.5, 0.6) is 0 Å². The van der Waals surface area contributed by atoms with Crippen LogP contribution in [0.2, 0.25) is 0 Å². The van der Waals surface area contributed by atoms with Gasteiger partial charge in [-0.05, 0) is 24.3 Å². The van der Waals surface area contributed by atoms with E-state index < -0.39 is 5.82 Å². The second kappa shape index (κ2) is 6.62. The Morgan fingerprint density at radius 2 is 1.91 bits per heavy atom. The summed E-state index contributed by atoms with van der Waals surface area (Å²) in [6, 6.07) is 6.07. The minimum absolute atomic E-state index is 0.210. The third-order valence-electron chi connectivity index (χ3n) is 3.08.